The van der Waals surface area contributed by atoms with E-state index in [2.05, 4.69) is 157 Å². The van der Waals surface area contributed by atoms with E-state index in [9.17, 15) is 0 Å². The zero-order valence-corrected chi connectivity index (χ0v) is 29.0. The first-order valence-electron chi connectivity index (χ1n) is 17.3. The van der Waals surface area contributed by atoms with Crippen LogP contribution in [0.3, 0.4) is 0 Å². The molecule has 4 heteroatoms. The summed E-state index contributed by atoms with van der Waals surface area (Å²) in [6.45, 7) is 6.40. The van der Waals surface area contributed by atoms with Crippen LogP contribution in [0.4, 0.5) is 0 Å². The lowest BCUT2D eigenvalue weighted by Gasteiger charge is -2.14. The minimum atomic E-state index is 0.808. The summed E-state index contributed by atoms with van der Waals surface area (Å²) < 4.78 is 2.39. The Kier molecular flexibility index (Phi) is 8.57. The van der Waals surface area contributed by atoms with Gasteiger partial charge in [-0.05, 0) is 116 Å². The van der Waals surface area contributed by atoms with Crippen molar-refractivity contribution in [2.24, 2.45) is 0 Å². The van der Waals surface area contributed by atoms with Gasteiger partial charge in [-0.25, -0.2) is 4.98 Å². The number of rotatable bonds is 7. The Morgan fingerprint density at radius 3 is 1.16 bits per heavy atom. The fraction of sp³-hybridized carbons (Fsp3) is 0.0638. The quantitative estimate of drug-likeness (QED) is 0.160. The smallest absolute Gasteiger partial charge is 0.219 e. The fourth-order valence-corrected chi connectivity index (χ4v) is 6.45. The highest BCUT2D eigenvalue weighted by Crippen LogP contribution is 2.33. The summed E-state index contributed by atoms with van der Waals surface area (Å²) in [5.41, 5.74) is 17.1. The molecule has 4 nitrogen and oxygen atoms in total. The summed E-state index contributed by atoms with van der Waals surface area (Å²) in [6.07, 6.45) is 3.61. The summed E-state index contributed by atoms with van der Waals surface area (Å²) in [7, 11) is 0. The van der Waals surface area contributed by atoms with Crippen LogP contribution in [0, 0.1) is 20.8 Å². The van der Waals surface area contributed by atoms with Crippen molar-refractivity contribution in [2.45, 2.75) is 20.8 Å². The van der Waals surface area contributed by atoms with Crippen LogP contribution in [0.1, 0.15) is 16.7 Å². The van der Waals surface area contributed by atoms with Crippen molar-refractivity contribution in [2.75, 3.05) is 0 Å². The second-order valence-corrected chi connectivity index (χ2v) is 13.1. The summed E-state index contributed by atoms with van der Waals surface area (Å²) in [5, 5.41) is 0. The van der Waals surface area contributed by atoms with E-state index in [4.69, 9.17) is 4.98 Å². The Hall–Kier alpha value is -6.52. The molecule has 4 aromatic heterocycles. The van der Waals surface area contributed by atoms with Gasteiger partial charge >= 0.3 is 0 Å². The normalized spacial score (nSPS) is 11.0. The summed E-state index contributed by atoms with van der Waals surface area (Å²) in [5.74, 6) is 0. The Balaban J connectivity index is 1.31. The monoisotopic (exact) mass is 657 g/mol. The Bertz CT molecular complexity index is 2310. The molecule has 0 spiro atoms. The predicted octanol–water partition coefficient (Wildman–Crippen LogP) is 11.1. The lowest BCUT2D eigenvalue weighted by Crippen LogP contribution is -2.36. The van der Waals surface area contributed by atoms with Gasteiger partial charge in [-0.3, -0.25) is 9.97 Å². The highest BCUT2D eigenvalue weighted by Gasteiger charge is 2.25. The van der Waals surface area contributed by atoms with Gasteiger partial charge in [-0.15, -0.1) is 0 Å². The molecule has 51 heavy (non-hydrogen) atoms. The molecule has 0 bridgehead atoms. The van der Waals surface area contributed by atoms with E-state index in [1.54, 1.807) is 12.4 Å². The molecule has 0 fully saturated rings. The van der Waals surface area contributed by atoms with E-state index < -0.39 is 0 Å². The van der Waals surface area contributed by atoms with Crippen molar-refractivity contribution < 1.29 is 4.57 Å². The Morgan fingerprint density at radius 2 is 0.745 bits per heavy atom. The van der Waals surface area contributed by atoms with Crippen LogP contribution in [0.25, 0.3) is 73.2 Å². The van der Waals surface area contributed by atoms with E-state index >= 15 is 0 Å². The Labute approximate surface area is 299 Å². The molecule has 0 aliphatic heterocycles. The fourth-order valence-electron chi connectivity index (χ4n) is 6.45. The number of aromatic nitrogens is 4. The van der Waals surface area contributed by atoms with Crippen molar-refractivity contribution in [1.29, 1.82) is 0 Å². The summed E-state index contributed by atoms with van der Waals surface area (Å²) >= 11 is 0. The molecule has 0 saturated carbocycles. The molecule has 0 N–H and O–H groups in total. The molecule has 8 aromatic rings. The third-order valence-electron chi connectivity index (χ3n) is 9.28. The van der Waals surface area contributed by atoms with Crippen LogP contribution < -0.4 is 4.57 Å². The largest absolute Gasteiger partial charge is 0.255 e. The zero-order chi connectivity index (χ0) is 34.7. The van der Waals surface area contributed by atoms with Crippen LogP contribution in [0.2, 0.25) is 0 Å². The number of hydrogen-bond donors (Lipinski definition) is 0. The van der Waals surface area contributed by atoms with Crippen LogP contribution >= 0.6 is 0 Å². The summed E-state index contributed by atoms with van der Waals surface area (Å²) in [6, 6.07) is 56.0. The molecule has 8 rings (SSSR count). The average molecular weight is 658 g/mol. The number of aryl methyl sites for hydroxylation is 3. The van der Waals surface area contributed by atoms with Gasteiger partial charge in [0.05, 0.1) is 22.8 Å². The maximum absolute atomic E-state index is 4.98. The standard InChI is InChI=1S/C47H37N4/c1-32-10-16-35(17-11-32)40-30-46(37-18-12-33(2)13-19-37)51(47(31-40)38-20-14-34(3)15-21-38)41-24-22-36(23-25-41)39-28-44(42-8-4-6-26-48-42)50-45(29-39)43-9-5-7-27-49-43/h4-31H,1-3H3/q+1. The molecule has 0 amide bonds. The van der Waals surface area contributed by atoms with Gasteiger partial charge in [0, 0.05) is 47.8 Å². The van der Waals surface area contributed by atoms with Crippen molar-refractivity contribution in [3.8, 4) is 73.2 Å². The van der Waals surface area contributed by atoms with Crippen molar-refractivity contribution in [3.63, 3.8) is 0 Å². The number of hydrogen-bond acceptors (Lipinski definition) is 3. The van der Waals surface area contributed by atoms with Gasteiger partial charge in [0.2, 0.25) is 17.1 Å². The van der Waals surface area contributed by atoms with Gasteiger partial charge < -0.3 is 0 Å². The van der Waals surface area contributed by atoms with Crippen molar-refractivity contribution in [1.82, 2.24) is 15.0 Å². The van der Waals surface area contributed by atoms with E-state index in [0.717, 1.165) is 62.1 Å². The number of pyridine rings is 4. The van der Waals surface area contributed by atoms with Crippen LogP contribution in [-0.2, 0) is 0 Å². The molecule has 0 aliphatic carbocycles. The second kappa shape index (κ2) is 13.8. The molecule has 244 valence electrons. The molecule has 0 radical (unpaired) electrons. The molecule has 0 unspecified atom stereocenters. The molecular weight excluding hydrogens is 621 g/mol. The van der Waals surface area contributed by atoms with Gasteiger partial charge in [0.1, 0.15) is 0 Å². The van der Waals surface area contributed by atoms with E-state index in [1.807, 2.05) is 36.4 Å². The van der Waals surface area contributed by atoms with Gasteiger partial charge in [-0.1, -0.05) is 77.4 Å². The molecule has 4 heterocycles. The highest BCUT2D eigenvalue weighted by molar-refractivity contribution is 5.77. The number of benzene rings is 4. The second-order valence-electron chi connectivity index (χ2n) is 13.1. The van der Waals surface area contributed by atoms with Crippen LogP contribution in [0.5, 0.6) is 0 Å². The van der Waals surface area contributed by atoms with Gasteiger partial charge in [0.25, 0.3) is 0 Å². The van der Waals surface area contributed by atoms with Crippen LogP contribution in [-0.4, -0.2) is 15.0 Å². The first kappa shape index (κ1) is 31.7. The third kappa shape index (κ3) is 6.72. The zero-order valence-electron chi connectivity index (χ0n) is 29.0. The van der Waals surface area contributed by atoms with Gasteiger partial charge in [-0.2, -0.15) is 4.57 Å². The molecule has 0 saturated heterocycles. The molecule has 4 aromatic carbocycles. The SMILES string of the molecule is Cc1ccc(-c2cc(-c3ccc(C)cc3)[n+](-c3ccc(-c4cc(-c5ccccn5)nc(-c5ccccn5)c4)cc3)c(-c3ccc(C)cc3)c2)cc1. The minimum absolute atomic E-state index is 0.808. The predicted molar refractivity (Wildman–Crippen MR) is 208 cm³/mol. The molecular formula is C47H37N4+. The van der Waals surface area contributed by atoms with Gasteiger partial charge in [0.15, 0.2) is 0 Å². The lowest BCUT2D eigenvalue weighted by atomic mass is 9.97. The number of nitrogens with zero attached hydrogens (tertiary/aromatic N) is 4. The van der Waals surface area contributed by atoms with E-state index in [-0.39, 0.29) is 0 Å². The maximum Gasteiger partial charge on any atom is 0.219 e. The van der Waals surface area contributed by atoms with E-state index in [0.29, 0.717) is 0 Å². The Morgan fingerprint density at radius 1 is 0.353 bits per heavy atom. The average Bonchev–Trinajstić information content (AvgIpc) is 3.19. The summed E-state index contributed by atoms with van der Waals surface area (Å²) in [4.78, 5) is 14.2. The third-order valence-corrected chi connectivity index (χ3v) is 9.28. The van der Waals surface area contributed by atoms with Crippen molar-refractivity contribution in [3.05, 3.63) is 187 Å². The first-order valence-corrected chi connectivity index (χ1v) is 17.3. The first-order chi connectivity index (χ1) is 25.0. The lowest BCUT2D eigenvalue weighted by molar-refractivity contribution is -0.572. The molecule has 0 atom stereocenters. The molecule has 0 aliphatic rings. The van der Waals surface area contributed by atoms with Crippen molar-refractivity contribution >= 4 is 0 Å². The van der Waals surface area contributed by atoms with E-state index in [1.165, 1.54) is 27.8 Å². The maximum atomic E-state index is 4.98. The highest BCUT2D eigenvalue weighted by atomic mass is 15.0. The van der Waals surface area contributed by atoms with Crippen LogP contribution in [0.15, 0.2) is 170 Å². The topological polar surface area (TPSA) is 42.5 Å². The minimum Gasteiger partial charge on any atom is -0.255 e.